The van der Waals surface area contributed by atoms with Crippen molar-refractivity contribution < 1.29 is 9.84 Å². The molecule has 0 aromatic heterocycles. The summed E-state index contributed by atoms with van der Waals surface area (Å²) in [4.78, 5) is 2.21. The SMILES string of the molecule is COc1ccc2c(c1)Sc1ccccc1C(C)C2(O)c1ccccc1. The first-order chi connectivity index (χ1) is 12.1. The molecule has 1 N–H and O–H groups in total. The van der Waals surface area contributed by atoms with Crippen LogP contribution in [0.4, 0.5) is 0 Å². The van der Waals surface area contributed by atoms with Gasteiger partial charge in [-0.3, -0.25) is 0 Å². The molecule has 1 aliphatic rings. The minimum atomic E-state index is -1.09. The monoisotopic (exact) mass is 348 g/mol. The minimum absolute atomic E-state index is 0.0757. The van der Waals surface area contributed by atoms with Gasteiger partial charge in [-0.2, -0.15) is 0 Å². The second-order valence-electron chi connectivity index (χ2n) is 6.36. The van der Waals surface area contributed by atoms with Crippen LogP contribution in [0.5, 0.6) is 5.75 Å². The number of methoxy groups -OCH3 is 1. The second-order valence-corrected chi connectivity index (χ2v) is 7.44. The Kier molecular flexibility index (Phi) is 4.06. The van der Waals surface area contributed by atoms with Gasteiger partial charge in [-0.15, -0.1) is 0 Å². The van der Waals surface area contributed by atoms with Gasteiger partial charge in [0.15, 0.2) is 0 Å². The normalized spacial score (nSPS) is 21.8. The second kappa shape index (κ2) is 6.25. The average molecular weight is 348 g/mol. The van der Waals surface area contributed by atoms with Gasteiger partial charge < -0.3 is 9.84 Å². The van der Waals surface area contributed by atoms with Gasteiger partial charge in [0, 0.05) is 21.3 Å². The van der Waals surface area contributed by atoms with E-state index < -0.39 is 5.60 Å². The first-order valence-corrected chi connectivity index (χ1v) is 9.19. The summed E-state index contributed by atoms with van der Waals surface area (Å²) in [6.45, 7) is 2.10. The fraction of sp³-hybridized carbons (Fsp3) is 0.182. The molecule has 2 unspecified atom stereocenters. The highest BCUT2D eigenvalue weighted by atomic mass is 32.2. The Morgan fingerprint density at radius 2 is 1.64 bits per heavy atom. The minimum Gasteiger partial charge on any atom is -0.497 e. The molecule has 0 aliphatic carbocycles. The lowest BCUT2D eigenvalue weighted by molar-refractivity contribution is 0.0526. The van der Waals surface area contributed by atoms with E-state index in [1.165, 1.54) is 4.90 Å². The van der Waals surface area contributed by atoms with Gasteiger partial charge in [-0.05, 0) is 29.3 Å². The van der Waals surface area contributed by atoms with E-state index in [0.717, 1.165) is 27.3 Å². The van der Waals surface area contributed by atoms with E-state index in [2.05, 4.69) is 19.1 Å². The van der Waals surface area contributed by atoms with Crippen molar-refractivity contribution in [1.82, 2.24) is 0 Å². The lowest BCUT2D eigenvalue weighted by Gasteiger charge is -2.35. The summed E-state index contributed by atoms with van der Waals surface area (Å²) >= 11 is 1.69. The Morgan fingerprint density at radius 1 is 0.920 bits per heavy atom. The van der Waals surface area contributed by atoms with Crippen LogP contribution in [0, 0.1) is 0 Å². The zero-order valence-electron chi connectivity index (χ0n) is 14.3. The highest BCUT2D eigenvalue weighted by molar-refractivity contribution is 7.99. The third-order valence-corrected chi connectivity index (χ3v) is 6.19. The molecule has 0 amide bonds. The maximum absolute atomic E-state index is 12.0. The van der Waals surface area contributed by atoms with Gasteiger partial charge in [0.25, 0.3) is 0 Å². The first-order valence-electron chi connectivity index (χ1n) is 8.37. The predicted molar refractivity (Wildman–Crippen MR) is 101 cm³/mol. The summed E-state index contributed by atoms with van der Waals surface area (Å²) in [6.07, 6.45) is 0. The zero-order valence-corrected chi connectivity index (χ0v) is 15.1. The third-order valence-electron chi connectivity index (χ3n) is 5.05. The van der Waals surface area contributed by atoms with Crippen LogP contribution in [-0.2, 0) is 5.60 Å². The van der Waals surface area contributed by atoms with Crippen LogP contribution in [0.1, 0.15) is 29.5 Å². The van der Waals surface area contributed by atoms with Crippen LogP contribution in [0.15, 0.2) is 82.6 Å². The topological polar surface area (TPSA) is 29.5 Å². The molecule has 4 rings (SSSR count). The average Bonchev–Trinajstić information content (AvgIpc) is 2.76. The number of hydrogen-bond acceptors (Lipinski definition) is 3. The molecule has 0 fully saturated rings. The highest BCUT2D eigenvalue weighted by Gasteiger charge is 2.43. The standard InChI is InChI=1S/C22H20O2S/c1-15-18-10-6-7-11-20(18)25-21-14-17(24-2)12-13-19(21)22(15,23)16-8-4-3-5-9-16/h3-15,23H,1-2H3. The smallest absolute Gasteiger partial charge is 0.122 e. The maximum Gasteiger partial charge on any atom is 0.122 e. The van der Waals surface area contributed by atoms with Crippen LogP contribution in [0.2, 0.25) is 0 Å². The number of benzene rings is 3. The summed E-state index contributed by atoms with van der Waals surface area (Å²) in [5.41, 5.74) is 1.90. The van der Waals surface area contributed by atoms with Crippen molar-refractivity contribution in [3.8, 4) is 5.75 Å². The Balaban J connectivity index is 2.03. The van der Waals surface area contributed by atoms with Crippen LogP contribution in [0.3, 0.4) is 0 Å². The molecule has 0 spiro atoms. The summed E-state index contributed by atoms with van der Waals surface area (Å²) in [6, 6.07) is 24.2. The third kappa shape index (κ3) is 2.55. The molecular formula is C22H20O2S. The summed E-state index contributed by atoms with van der Waals surface area (Å²) < 4.78 is 5.41. The van der Waals surface area contributed by atoms with E-state index in [1.54, 1.807) is 18.9 Å². The lowest BCUT2D eigenvalue weighted by atomic mass is 9.74. The van der Waals surface area contributed by atoms with E-state index in [4.69, 9.17) is 4.74 Å². The lowest BCUT2D eigenvalue weighted by Crippen LogP contribution is -2.33. The molecule has 3 aromatic rings. The Bertz CT molecular complexity index is 907. The van der Waals surface area contributed by atoms with Crippen molar-refractivity contribution in [2.75, 3.05) is 7.11 Å². The predicted octanol–water partition coefficient (Wildman–Crippen LogP) is 5.20. The van der Waals surface area contributed by atoms with Gasteiger partial charge in [-0.1, -0.05) is 73.3 Å². The van der Waals surface area contributed by atoms with Crippen molar-refractivity contribution >= 4 is 11.8 Å². The van der Waals surface area contributed by atoms with Crippen LogP contribution in [0.25, 0.3) is 0 Å². The van der Waals surface area contributed by atoms with Gasteiger partial charge in [0.2, 0.25) is 0 Å². The largest absolute Gasteiger partial charge is 0.497 e. The van der Waals surface area contributed by atoms with E-state index >= 15 is 0 Å². The molecule has 2 atom stereocenters. The number of aliphatic hydroxyl groups is 1. The van der Waals surface area contributed by atoms with Crippen molar-refractivity contribution in [3.63, 3.8) is 0 Å². The number of fused-ring (bicyclic) bond motifs is 2. The van der Waals surface area contributed by atoms with Gasteiger partial charge >= 0.3 is 0 Å². The molecule has 3 aromatic carbocycles. The number of rotatable bonds is 2. The molecule has 126 valence electrons. The van der Waals surface area contributed by atoms with Crippen molar-refractivity contribution in [3.05, 3.63) is 89.5 Å². The molecule has 0 saturated heterocycles. The molecule has 1 heterocycles. The molecule has 3 heteroatoms. The van der Waals surface area contributed by atoms with E-state index in [1.807, 2.05) is 60.7 Å². The molecular weight excluding hydrogens is 328 g/mol. The van der Waals surface area contributed by atoms with E-state index in [9.17, 15) is 5.11 Å². The zero-order chi connectivity index (χ0) is 17.4. The van der Waals surface area contributed by atoms with Crippen LogP contribution < -0.4 is 4.74 Å². The molecule has 2 nitrogen and oxygen atoms in total. The van der Waals surface area contributed by atoms with Crippen LogP contribution >= 0.6 is 11.8 Å². The van der Waals surface area contributed by atoms with Crippen LogP contribution in [-0.4, -0.2) is 12.2 Å². The first kappa shape index (κ1) is 16.2. The fourth-order valence-electron chi connectivity index (χ4n) is 3.63. The summed E-state index contributed by atoms with van der Waals surface area (Å²) in [5.74, 6) is 0.724. The fourth-order valence-corrected chi connectivity index (χ4v) is 4.89. The van der Waals surface area contributed by atoms with E-state index in [0.29, 0.717) is 0 Å². The highest BCUT2D eigenvalue weighted by Crippen LogP contribution is 2.52. The Hall–Kier alpha value is -2.23. The molecule has 0 bridgehead atoms. The van der Waals surface area contributed by atoms with Gasteiger partial charge in [0.05, 0.1) is 7.11 Å². The summed E-state index contributed by atoms with van der Waals surface area (Å²) in [5, 5.41) is 12.0. The maximum atomic E-state index is 12.0. The molecule has 25 heavy (non-hydrogen) atoms. The molecule has 0 saturated carbocycles. The Morgan fingerprint density at radius 3 is 2.40 bits per heavy atom. The number of hydrogen-bond donors (Lipinski definition) is 1. The Labute approximate surface area is 152 Å². The van der Waals surface area contributed by atoms with Gasteiger partial charge in [-0.25, -0.2) is 0 Å². The van der Waals surface area contributed by atoms with Gasteiger partial charge in [0.1, 0.15) is 11.4 Å². The molecule has 0 radical (unpaired) electrons. The summed E-state index contributed by atoms with van der Waals surface area (Å²) in [7, 11) is 1.67. The molecule has 1 aliphatic heterocycles. The van der Waals surface area contributed by atoms with Crippen molar-refractivity contribution in [2.45, 2.75) is 28.2 Å². The quantitative estimate of drug-likeness (QED) is 0.690. The number of ether oxygens (including phenoxy) is 1. The van der Waals surface area contributed by atoms with Crippen molar-refractivity contribution in [1.29, 1.82) is 0 Å². The van der Waals surface area contributed by atoms with E-state index in [-0.39, 0.29) is 5.92 Å². The van der Waals surface area contributed by atoms with Crippen molar-refractivity contribution in [2.24, 2.45) is 0 Å².